The number of Topliss-reactive ketones (excluding diaryl/α,β-unsaturated/α-hetero) is 1. The number of nitrogens with one attached hydrogen (secondary N) is 1. The molecule has 0 bridgehead atoms. The molecule has 1 aliphatic rings. The third-order valence-corrected chi connectivity index (χ3v) is 3.45. The minimum atomic E-state index is -1.03. The summed E-state index contributed by atoms with van der Waals surface area (Å²) in [6.07, 6.45) is 0.193. The van der Waals surface area contributed by atoms with Crippen LogP contribution in [-0.4, -0.2) is 28.8 Å². The van der Waals surface area contributed by atoms with E-state index in [1.165, 1.54) is 0 Å². The van der Waals surface area contributed by atoms with E-state index in [0.29, 0.717) is 17.7 Å². The van der Waals surface area contributed by atoms with Gasteiger partial charge in [0.25, 0.3) is 0 Å². The Morgan fingerprint density at radius 3 is 2.75 bits per heavy atom. The number of amides is 1. The first-order valence-corrected chi connectivity index (χ1v) is 6.33. The van der Waals surface area contributed by atoms with Gasteiger partial charge in [0.15, 0.2) is 5.78 Å². The molecule has 0 fully saturated rings. The molecule has 0 saturated heterocycles. The van der Waals surface area contributed by atoms with Crippen LogP contribution in [0, 0.1) is 5.92 Å². The van der Waals surface area contributed by atoms with E-state index in [2.05, 4.69) is 5.32 Å². The number of ketones is 1. The Morgan fingerprint density at radius 2 is 2.15 bits per heavy atom. The number of fused-ring (bicyclic) bond motifs is 1. The summed E-state index contributed by atoms with van der Waals surface area (Å²) in [5, 5.41) is 11.8. The summed E-state index contributed by atoms with van der Waals surface area (Å²) in [5.74, 6) is -2.00. The van der Waals surface area contributed by atoms with E-state index < -0.39 is 17.9 Å². The summed E-state index contributed by atoms with van der Waals surface area (Å²) >= 11 is 0. The molecule has 0 aliphatic carbocycles. The average molecular weight is 276 g/mol. The number of benzene rings is 1. The summed E-state index contributed by atoms with van der Waals surface area (Å²) in [6.45, 7) is 1.75. The van der Waals surface area contributed by atoms with Crippen molar-refractivity contribution >= 4 is 23.3 Å². The van der Waals surface area contributed by atoms with Gasteiger partial charge in [-0.3, -0.25) is 14.4 Å². The van der Waals surface area contributed by atoms with Crippen LogP contribution in [0.4, 0.5) is 5.69 Å². The molecule has 0 saturated carbocycles. The predicted molar refractivity (Wildman–Crippen MR) is 72.5 cm³/mol. The highest BCUT2D eigenvalue weighted by atomic mass is 16.4. The number of carboxylic acid groups (broad SMARTS) is 1. The summed E-state index contributed by atoms with van der Waals surface area (Å²) in [7, 11) is 0. The Hall–Kier alpha value is -2.37. The lowest BCUT2D eigenvalue weighted by Crippen LogP contribution is -2.34. The highest BCUT2D eigenvalue weighted by Gasteiger charge is 2.30. The number of primary amides is 1. The predicted octanol–water partition coefficient (Wildman–Crippen LogP) is 0.802. The summed E-state index contributed by atoms with van der Waals surface area (Å²) in [6, 6.07) is 4.13. The van der Waals surface area contributed by atoms with Gasteiger partial charge in [-0.05, 0) is 30.2 Å². The fourth-order valence-corrected chi connectivity index (χ4v) is 2.42. The third kappa shape index (κ3) is 2.79. The lowest BCUT2D eigenvalue weighted by Gasteiger charge is -2.16. The number of hydrogen-bond donors (Lipinski definition) is 3. The van der Waals surface area contributed by atoms with Gasteiger partial charge in [-0.1, -0.05) is 6.92 Å². The first kappa shape index (κ1) is 14.0. The van der Waals surface area contributed by atoms with Crippen LogP contribution < -0.4 is 11.1 Å². The molecular formula is C14H16N2O4. The van der Waals surface area contributed by atoms with Crippen molar-refractivity contribution in [2.75, 3.05) is 5.32 Å². The second-order valence-corrected chi connectivity index (χ2v) is 5.04. The van der Waals surface area contributed by atoms with Crippen molar-refractivity contribution in [1.29, 1.82) is 0 Å². The number of aliphatic carboxylic acids is 1. The fourth-order valence-electron chi connectivity index (χ4n) is 2.42. The molecule has 0 aromatic heterocycles. The van der Waals surface area contributed by atoms with Crippen molar-refractivity contribution in [3.8, 4) is 0 Å². The molecule has 0 spiro atoms. The normalized spacial score (nSPS) is 21.6. The third-order valence-electron chi connectivity index (χ3n) is 3.45. The van der Waals surface area contributed by atoms with Crippen LogP contribution in [0.1, 0.15) is 29.3 Å². The maximum Gasteiger partial charge on any atom is 0.305 e. The molecular weight excluding hydrogens is 260 g/mol. The molecule has 1 heterocycles. The maximum atomic E-state index is 12.2. The van der Waals surface area contributed by atoms with Crippen molar-refractivity contribution in [3.63, 3.8) is 0 Å². The molecule has 20 heavy (non-hydrogen) atoms. The molecule has 6 heteroatoms. The zero-order valence-corrected chi connectivity index (χ0v) is 11.1. The van der Waals surface area contributed by atoms with Gasteiger partial charge in [0.05, 0.1) is 12.5 Å². The van der Waals surface area contributed by atoms with Gasteiger partial charge in [-0.15, -0.1) is 0 Å². The Balaban J connectivity index is 2.37. The molecule has 0 radical (unpaired) electrons. The van der Waals surface area contributed by atoms with Crippen LogP contribution in [0.25, 0.3) is 0 Å². The van der Waals surface area contributed by atoms with Crippen molar-refractivity contribution in [2.24, 2.45) is 11.7 Å². The van der Waals surface area contributed by atoms with E-state index in [0.717, 1.165) is 5.56 Å². The highest BCUT2D eigenvalue weighted by molar-refractivity contribution is 5.95. The van der Waals surface area contributed by atoms with Gasteiger partial charge >= 0.3 is 5.97 Å². The van der Waals surface area contributed by atoms with E-state index in [4.69, 9.17) is 10.8 Å². The van der Waals surface area contributed by atoms with E-state index >= 15 is 0 Å². The Labute approximate surface area is 116 Å². The largest absolute Gasteiger partial charge is 0.481 e. The molecule has 1 aromatic carbocycles. The smallest absolute Gasteiger partial charge is 0.305 e. The van der Waals surface area contributed by atoms with Crippen LogP contribution in [0.15, 0.2) is 18.2 Å². The van der Waals surface area contributed by atoms with Gasteiger partial charge in [0, 0.05) is 17.2 Å². The molecule has 106 valence electrons. The van der Waals surface area contributed by atoms with E-state index in [9.17, 15) is 14.4 Å². The zero-order valence-electron chi connectivity index (χ0n) is 11.1. The van der Waals surface area contributed by atoms with Crippen LogP contribution in [0.3, 0.4) is 0 Å². The van der Waals surface area contributed by atoms with Crippen LogP contribution in [-0.2, 0) is 16.0 Å². The average Bonchev–Trinajstić information content (AvgIpc) is 2.47. The summed E-state index contributed by atoms with van der Waals surface area (Å²) in [5.41, 5.74) is 7.09. The number of anilines is 1. The minimum Gasteiger partial charge on any atom is -0.481 e. The summed E-state index contributed by atoms with van der Waals surface area (Å²) in [4.78, 5) is 34.2. The molecule has 2 atom stereocenters. The molecule has 1 aliphatic heterocycles. The monoisotopic (exact) mass is 276 g/mol. The van der Waals surface area contributed by atoms with Gasteiger partial charge < -0.3 is 16.2 Å². The van der Waals surface area contributed by atoms with E-state index in [1.807, 2.05) is 0 Å². The molecule has 1 aromatic rings. The second kappa shape index (κ2) is 5.32. The maximum absolute atomic E-state index is 12.2. The Morgan fingerprint density at radius 1 is 1.45 bits per heavy atom. The van der Waals surface area contributed by atoms with Crippen molar-refractivity contribution < 1.29 is 19.5 Å². The SMILES string of the molecule is CC1Cc2cc(C(N)=O)ccc2NC(CC(=O)O)C1=O. The van der Waals surface area contributed by atoms with Gasteiger partial charge in [-0.25, -0.2) is 0 Å². The standard InChI is InChI=1S/C14H16N2O4/c1-7-4-9-5-8(14(15)20)2-3-10(9)16-11(13(7)19)6-12(17)18/h2-3,5,7,11,16H,4,6H2,1H3,(H2,15,20)(H,17,18). The van der Waals surface area contributed by atoms with E-state index in [1.54, 1.807) is 25.1 Å². The quantitative estimate of drug-likeness (QED) is 0.756. The number of carboxylic acids is 1. The van der Waals surface area contributed by atoms with Crippen molar-refractivity contribution in [2.45, 2.75) is 25.8 Å². The second-order valence-electron chi connectivity index (χ2n) is 5.04. The number of carbonyl (C=O) groups is 3. The lowest BCUT2D eigenvalue weighted by atomic mass is 9.93. The number of rotatable bonds is 3. The lowest BCUT2D eigenvalue weighted by molar-refractivity contribution is -0.139. The van der Waals surface area contributed by atoms with Crippen LogP contribution in [0.5, 0.6) is 0 Å². The molecule has 4 N–H and O–H groups in total. The summed E-state index contributed by atoms with van der Waals surface area (Å²) < 4.78 is 0. The Kier molecular flexibility index (Phi) is 3.74. The number of nitrogens with two attached hydrogens (primary N) is 1. The van der Waals surface area contributed by atoms with Crippen molar-refractivity contribution in [3.05, 3.63) is 29.3 Å². The molecule has 2 rings (SSSR count). The number of carbonyl (C=O) groups excluding carboxylic acids is 2. The minimum absolute atomic E-state index is 0.135. The van der Waals surface area contributed by atoms with Crippen LogP contribution in [0.2, 0.25) is 0 Å². The zero-order chi connectivity index (χ0) is 14.9. The van der Waals surface area contributed by atoms with Crippen molar-refractivity contribution in [1.82, 2.24) is 0 Å². The number of hydrogen-bond acceptors (Lipinski definition) is 4. The van der Waals surface area contributed by atoms with Crippen LogP contribution >= 0.6 is 0 Å². The molecule has 6 nitrogen and oxygen atoms in total. The first-order valence-electron chi connectivity index (χ1n) is 6.33. The first-order chi connectivity index (χ1) is 9.38. The van der Waals surface area contributed by atoms with Gasteiger partial charge in [0.2, 0.25) is 5.91 Å². The topological polar surface area (TPSA) is 109 Å². The fraction of sp³-hybridized carbons (Fsp3) is 0.357. The molecule has 1 amide bonds. The van der Waals surface area contributed by atoms with E-state index in [-0.39, 0.29) is 18.1 Å². The highest BCUT2D eigenvalue weighted by Crippen LogP contribution is 2.27. The van der Waals surface area contributed by atoms with Gasteiger partial charge in [-0.2, -0.15) is 0 Å². The Bertz CT molecular complexity index is 583. The molecule has 2 unspecified atom stereocenters. The van der Waals surface area contributed by atoms with Gasteiger partial charge in [0.1, 0.15) is 0 Å².